The fourth-order valence-electron chi connectivity index (χ4n) is 4.74. The monoisotopic (exact) mass is 278 g/mol. The summed E-state index contributed by atoms with van der Waals surface area (Å²) in [5, 5.41) is 15.7. The molecule has 1 aliphatic carbocycles. The van der Waals surface area contributed by atoms with Crippen molar-refractivity contribution in [2.24, 2.45) is 10.8 Å². The normalized spacial score (nSPS) is 23.8. The Bertz CT molecular complexity index is 469. The first-order chi connectivity index (χ1) is 9.04. The van der Waals surface area contributed by atoms with Crippen LogP contribution < -0.4 is 0 Å². The van der Waals surface area contributed by atoms with Gasteiger partial charge in [0.1, 0.15) is 0 Å². The minimum atomic E-state index is -0.607. The first-order valence-electron chi connectivity index (χ1n) is 7.80. The van der Waals surface area contributed by atoms with Crippen molar-refractivity contribution in [3.05, 3.63) is 17.5 Å². The highest BCUT2D eigenvalue weighted by Crippen LogP contribution is 2.50. The van der Waals surface area contributed by atoms with Crippen molar-refractivity contribution in [3.63, 3.8) is 0 Å². The number of hydrogen-bond acceptors (Lipinski definition) is 2. The van der Waals surface area contributed by atoms with Gasteiger partial charge >= 0.3 is 0 Å². The molecule has 0 saturated heterocycles. The zero-order chi connectivity index (χ0) is 15.2. The summed E-state index contributed by atoms with van der Waals surface area (Å²) in [6.45, 7) is 14.1. The van der Waals surface area contributed by atoms with Crippen molar-refractivity contribution in [2.45, 2.75) is 79.4 Å². The van der Waals surface area contributed by atoms with Crippen LogP contribution in [0.25, 0.3) is 0 Å². The molecule has 1 aliphatic rings. The lowest BCUT2D eigenvalue weighted by atomic mass is 9.59. The zero-order valence-electron chi connectivity index (χ0n) is 14.0. The van der Waals surface area contributed by atoms with Crippen LogP contribution in [0.15, 0.2) is 6.07 Å². The second-order valence-corrected chi connectivity index (χ2v) is 8.35. The molecule has 0 aromatic carbocycles. The molecule has 0 bridgehead atoms. The molecular formula is C17H30N2O. The van der Waals surface area contributed by atoms with Gasteiger partial charge in [0, 0.05) is 18.7 Å². The first kappa shape index (κ1) is 15.6. The highest BCUT2D eigenvalue weighted by molar-refractivity contribution is 5.13. The molecule has 0 radical (unpaired) electrons. The number of aromatic nitrogens is 2. The maximum Gasteiger partial charge on any atom is 0.0713 e. The van der Waals surface area contributed by atoms with Crippen LogP contribution in [0.1, 0.15) is 65.3 Å². The summed E-state index contributed by atoms with van der Waals surface area (Å²) in [6, 6.07) is 2.12. The molecule has 0 spiro atoms. The molecule has 1 aromatic rings. The molecule has 0 unspecified atom stereocenters. The largest absolute Gasteiger partial charge is 0.389 e. The van der Waals surface area contributed by atoms with Crippen molar-refractivity contribution in [3.8, 4) is 0 Å². The summed E-state index contributed by atoms with van der Waals surface area (Å²) in [5.74, 6) is 0. The van der Waals surface area contributed by atoms with Gasteiger partial charge in [-0.15, -0.1) is 0 Å². The molecule has 0 atom stereocenters. The fourth-order valence-corrected chi connectivity index (χ4v) is 4.74. The van der Waals surface area contributed by atoms with Crippen LogP contribution in [0.4, 0.5) is 0 Å². The van der Waals surface area contributed by atoms with Gasteiger partial charge in [-0.1, -0.05) is 27.7 Å². The van der Waals surface area contributed by atoms with E-state index in [9.17, 15) is 5.11 Å². The van der Waals surface area contributed by atoms with Crippen molar-refractivity contribution >= 4 is 0 Å². The minimum absolute atomic E-state index is 0.197. The lowest BCUT2D eigenvalue weighted by Gasteiger charge is -2.49. The van der Waals surface area contributed by atoms with Crippen LogP contribution in [0.5, 0.6) is 0 Å². The van der Waals surface area contributed by atoms with Gasteiger partial charge in [0.15, 0.2) is 0 Å². The third kappa shape index (κ3) is 3.43. The van der Waals surface area contributed by atoms with E-state index in [1.165, 1.54) is 12.1 Å². The average molecular weight is 278 g/mol. The van der Waals surface area contributed by atoms with Crippen molar-refractivity contribution in [1.29, 1.82) is 0 Å². The Kier molecular flexibility index (Phi) is 3.79. The first-order valence-corrected chi connectivity index (χ1v) is 7.80. The molecule has 2 rings (SSSR count). The highest BCUT2D eigenvalue weighted by atomic mass is 16.3. The number of aryl methyl sites for hydroxylation is 2. The van der Waals surface area contributed by atoms with Crippen LogP contribution in [0.2, 0.25) is 0 Å². The SMILES string of the molecule is CCn1nc(C)cc1CC1(O)CC(C)(C)CC(C)(C)C1. The topological polar surface area (TPSA) is 38.0 Å². The van der Waals surface area contributed by atoms with Gasteiger partial charge in [-0.25, -0.2) is 0 Å². The van der Waals surface area contributed by atoms with Gasteiger partial charge in [-0.05, 0) is 50.0 Å². The molecule has 0 aliphatic heterocycles. The third-order valence-corrected chi connectivity index (χ3v) is 4.37. The molecule has 0 amide bonds. The Balaban J connectivity index is 2.26. The number of hydrogen-bond donors (Lipinski definition) is 1. The van der Waals surface area contributed by atoms with Gasteiger partial charge in [0.2, 0.25) is 0 Å². The van der Waals surface area contributed by atoms with E-state index in [-0.39, 0.29) is 10.8 Å². The summed E-state index contributed by atoms with van der Waals surface area (Å²) in [7, 11) is 0. The number of aliphatic hydroxyl groups is 1. The molecule has 3 heteroatoms. The second kappa shape index (κ2) is 4.87. The van der Waals surface area contributed by atoms with Crippen molar-refractivity contribution < 1.29 is 5.11 Å². The summed E-state index contributed by atoms with van der Waals surface area (Å²) < 4.78 is 2.03. The van der Waals surface area contributed by atoms with Crippen molar-refractivity contribution in [2.75, 3.05) is 0 Å². The Morgan fingerprint density at radius 1 is 1.15 bits per heavy atom. The predicted molar refractivity (Wildman–Crippen MR) is 82.7 cm³/mol. The Morgan fingerprint density at radius 3 is 2.20 bits per heavy atom. The highest BCUT2D eigenvalue weighted by Gasteiger charge is 2.46. The number of rotatable bonds is 3. The van der Waals surface area contributed by atoms with Gasteiger partial charge in [-0.3, -0.25) is 4.68 Å². The fraction of sp³-hybridized carbons (Fsp3) is 0.824. The summed E-state index contributed by atoms with van der Waals surface area (Å²) in [5.41, 5.74) is 2.00. The predicted octanol–water partition coefficient (Wildman–Crippen LogP) is 3.72. The number of nitrogens with zero attached hydrogens (tertiary/aromatic N) is 2. The van der Waals surface area contributed by atoms with E-state index in [1.807, 2.05) is 11.6 Å². The molecule has 3 nitrogen and oxygen atoms in total. The maximum absolute atomic E-state index is 11.2. The van der Waals surface area contributed by atoms with Crippen LogP contribution in [0, 0.1) is 17.8 Å². The van der Waals surface area contributed by atoms with Gasteiger partial charge in [0.25, 0.3) is 0 Å². The Morgan fingerprint density at radius 2 is 1.70 bits per heavy atom. The van der Waals surface area contributed by atoms with Crippen LogP contribution in [0.3, 0.4) is 0 Å². The second-order valence-electron chi connectivity index (χ2n) is 8.35. The van der Waals surface area contributed by atoms with Gasteiger partial charge in [0.05, 0.1) is 11.3 Å². The van der Waals surface area contributed by atoms with Crippen LogP contribution >= 0.6 is 0 Å². The lowest BCUT2D eigenvalue weighted by molar-refractivity contribution is -0.0860. The molecule has 1 aromatic heterocycles. The van der Waals surface area contributed by atoms with Gasteiger partial charge in [-0.2, -0.15) is 5.10 Å². The summed E-state index contributed by atoms with van der Waals surface area (Å²) >= 11 is 0. The van der Waals surface area contributed by atoms with Crippen molar-refractivity contribution in [1.82, 2.24) is 9.78 Å². The third-order valence-electron chi connectivity index (χ3n) is 4.37. The molecule has 1 N–H and O–H groups in total. The quantitative estimate of drug-likeness (QED) is 0.915. The molecular weight excluding hydrogens is 248 g/mol. The summed E-state index contributed by atoms with van der Waals surface area (Å²) in [4.78, 5) is 0. The van der Waals surface area contributed by atoms with E-state index in [2.05, 4.69) is 45.8 Å². The van der Waals surface area contributed by atoms with E-state index < -0.39 is 5.60 Å². The molecule has 1 saturated carbocycles. The zero-order valence-corrected chi connectivity index (χ0v) is 14.0. The van der Waals surface area contributed by atoms with Crippen LogP contribution in [-0.2, 0) is 13.0 Å². The van der Waals surface area contributed by atoms with E-state index in [1.54, 1.807) is 0 Å². The van der Waals surface area contributed by atoms with Gasteiger partial charge < -0.3 is 5.11 Å². The van der Waals surface area contributed by atoms with E-state index >= 15 is 0 Å². The lowest BCUT2D eigenvalue weighted by Crippen LogP contribution is -2.47. The molecule has 114 valence electrons. The molecule has 20 heavy (non-hydrogen) atoms. The van der Waals surface area contributed by atoms with E-state index in [0.717, 1.165) is 25.1 Å². The maximum atomic E-state index is 11.2. The molecule has 1 fully saturated rings. The van der Waals surface area contributed by atoms with Crippen LogP contribution in [-0.4, -0.2) is 20.5 Å². The molecule has 1 heterocycles. The minimum Gasteiger partial charge on any atom is -0.389 e. The standard InChI is InChI=1S/C17H30N2O/c1-7-19-14(8-13(2)18-19)9-17(20)11-15(3,4)10-16(5,6)12-17/h8,20H,7,9-12H2,1-6H3. The summed E-state index contributed by atoms with van der Waals surface area (Å²) in [6.07, 6.45) is 3.64. The Hall–Kier alpha value is -0.830. The Labute approximate surface area is 123 Å². The van der Waals surface area contributed by atoms with E-state index in [0.29, 0.717) is 6.42 Å². The smallest absolute Gasteiger partial charge is 0.0713 e. The average Bonchev–Trinajstić information content (AvgIpc) is 2.51. The van der Waals surface area contributed by atoms with E-state index in [4.69, 9.17) is 0 Å².